The molecule has 0 spiro atoms. The molecule has 3 N–H and O–H groups in total. The fourth-order valence-electron chi connectivity index (χ4n) is 1.91. The lowest BCUT2D eigenvalue weighted by molar-refractivity contribution is -0.123. The van der Waals surface area contributed by atoms with Crippen molar-refractivity contribution in [3.05, 3.63) is 42.5 Å². The summed E-state index contributed by atoms with van der Waals surface area (Å²) in [4.78, 5) is 11.7. The molecule has 0 aromatic heterocycles. The summed E-state index contributed by atoms with van der Waals surface area (Å²) in [6.45, 7) is 0.978. The van der Waals surface area contributed by atoms with Gasteiger partial charge in [0.15, 0.2) is 0 Å². The largest absolute Gasteiger partial charge is 0.492 e. The zero-order valence-electron chi connectivity index (χ0n) is 10.2. The van der Waals surface area contributed by atoms with E-state index in [1.165, 1.54) is 0 Å². The summed E-state index contributed by atoms with van der Waals surface area (Å²) < 4.78 is 5.48. The van der Waals surface area contributed by atoms with Crippen molar-refractivity contribution < 1.29 is 9.53 Å². The van der Waals surface area contributed by atoms with E-state index in [0.29, 0.717) is 19.6 Å². The quantitative estimate of drug-likeness (QED) is 0.603. The molecule has 96 valence electrons. The minimum absolute atomic E-state index is 0.0151. The summed E-state index contributed by atoms with van der Waals surface area (Å²) in [5.74, 6) is 0.752. The number of rotatable bonds is 5. The minimum atomic E-state index is -0.0864. The topological polar surface area (TPSA) is 64.4 Å². The van der Waals surface area contributed by atoms with E-state index in [4.69, 9.17) is 10.5 Å². The van der Waals surface area contributed by atoms with Gasteiger partial charge in [-0.3, -0.25) is 4.79 Å². The van der Waals surface area contributed by atoms with Gasteiger partial charge < -0.3 is 15.8 Å². The highest BCUT2D eigenvalue weighted by atomic mass is 16.5. The van der Waals surface area contributed by atoms with E-state index < -0.39 is 0 Å². The molecule has 0 saturated heterocycles. The van der Waals surface area contributed by atoms with Crippen molar-refractivity contribution >= 4 is 5.91 Å². The lowest BCUT2D eigenvalue weighted by atomic mass is 10.1. The Labute approximate surface area is 107 Å². The van der Waals surface area contributed by atoms with E-state index in [1.807, 2.05) is 42.5 Å². The van der Waals surface area contributed by atoms with Gasteiger partial charge in [0, 0.05) is 6.04 Å². The van der Waals surface area contributed by atoms with E-state index in [1.54, 1.807) is 0 Å². The maximum atomic E-state index is 11.7. The summed E-state index contributed by atoms with van der Waals surface area (Å²) in [7, 11) is 0. The van der Waals surface area contributed by atoms with Crippen LogP contribution in [0.2, 0.25) is 0 Å². The van der Waals surface area contributed by atoms with Crippen molar-refractivity contribution in [1.29, 1.82) is 0 Å². The van der Waals surface area contributed by atoms with Gasteiger partial charge >= 0.3 is 0 Å². The van der Waals surface area contributed by atoms with Crippen LogP contribution in [0.5, 0.6) is 5.75 Å². The number of carbonyl (C=O) groups excluding carboxylic acids is 1. The zero-order valence-corrected chi connectivity index (χ0v) is 10.2. The Balaban J connectivity index is 1.64. The van der Waals surface area contributed by atoms with E-state index in [0.717, 1.165) is 5.75 Å². The molecule has 4 nitrogen and oxygen atoms in total. The van der Waals surface area contributed by atoms with Crippen LogP contribution in [0.15, 0.2) is 42.5 Å². The lowest BCUT2D eigenvalue weighted by Gasteiger charge is -2.11. The number of hydrogen-bond acceptors (Lipinski definition) is 3. The fourth-order valence-corrected chi connectivity index (χ4v) is 1.91. The second-order valence-corrected chi connectivity index (χ2v) is 4.34. The summed E-state index contributed by atoms with van der Waals surface area (Å²) >= 11 is 0. The number of hydrogen-bond donors (Lipinski definition) is 2. The molecular weight excluding hydrogens is 228 g/mol. The van der Waals surface area contributed by atoms with Gasteiger partial charge in [0.1, 0.15) is 12.4 Å². The average molecular weight is 246 g/mol. The predicted octanol–water partition coefficient (Wildman–Crippen LogP) is 1.08. The van der Waals surface area contributed by atoms with Gasteiger partial charge in [0.2, 0.25) is 5.91 Å². The molecule has 2 unspecified atom stereocenters. The van der Waals surface area contributed by atoms with E-state index >= 15 is 0 Å². The van der Waals surface area contributed by atoms with Crippen molar-refractivity contribution in [2.24, 2.45) is 11.7 Å². The van der Waals surface area contributed by atoms with Crippen LogP contribution >= 0.6 is 0 Å². The number of para-hydroxylation sites is 1. The van der Waals surface area contributed by atoms with Crippen LogP contribution < -0.4 is 15.8 Å². The molecule has 1 aromatic carbocycles. The Hall–Kier alpha value is -1.81. The first-order chi connectivity index (χ1) is 8.75. The summed E-state index contributed by atoms with van der Waals surface area (Å²) in [5, 5.41) is 2.84. The third kappa shape index (κ3) is 3.60. The third-order valence-electron chi connectivity index (χ3n) is 2.87. The van der Waals surface area contributed by atoms with Crippen molar-refractivity contribution in [3.8, 4) is 5.75 Å². The Morgan fingerprint density at radius 3 is 2.78 bits per heavy atom. The van der Waals surface area contributed by atoms with Crippen LogP contribution in [0, 0.1) is 5.92 Å². The molecule has 1 amide bonds. The third-order valence-corrected chi connectivity index (χ3v) is 2.87. The first-order valence-corrected chi connectivity index (χ1v) is 6.15. The van der Waals surface area contributed by atoms with Crippen LogP contribution in [0.4, 0.5) is 0 Å². The van der Waals surface area contributed by atoms with Crippen LogP contribution in [-0.4, -0.2) is 25.1 Å². The number of amides is 1. The van der Waals surface area contributed by atoms with Gasteiger partial charge in [-0.2, -0.15) is 0 Å². The number of nitrogens with one attached hydrogen (secondary N) is 1. The highest BCUT2D eigenvalue weighted by Crippen LogP contribution is 2.16. The molecule has 2 rings (SSSR count). The van der Waals surface area contributed by atoms with Gasteiger partial charge in [0.05, 0.1) is 12.5 Å². The second-order valence-electron chi connectivity index (χ2n) is 4.34. The standard InChI is InChI=1S/C14H18N2O2/c15-12-7-6-11(10-12)14(17)16-8-9-18-13-4-2-1-3-5-13/h1-7,11-12H,8-10,15H2,(H,16,17). The summed E-state index contributed by atoms with van der Waals surface area (Å²) in [6, 6.07) is 9.56. The molecule has 1 aliphatic carbocycles. The van der Waals surface area contributed by atoms with Crippen LogP contribution in [0.3, 0.4) is 0 Å². The molecule has 18 heavy (non-hydrogen) atoms. The summed E-state index contributed by atoms with van der Waals surface area (Å²) in [5.41, 5.74) is 5.70. The van der Waals surface area contributed by atoms with Crippen LogP contribution in [0.1, 0.15) is 6.42 Å². The Kier molecular flexibility index (Phi) is 4.36. The highest BCUT2D eigenvalue weighted by Gasteiger charge is 2.21. The predicted molar refractivity (Wildman–Crippen MR) is 70.2 cm³/mol. The molecule has 0 fully saturated rings. The van der Waals surface area contributed by atoms with Crippen LogP contribution in [-0.2, 0) is 4.79 Å². The molecule has 1 aromatic rings. The Morgan fingerprint density at radius 2 is 2.11 bits per heavy atom. The fraction of sp³-hybridized carbons (Fsp3) is 0.357. The van der Waals surface area contributed by atoms with Crippen molar-refractivity contribution in [3.63, 3.8) is 0 Å². The Morgan fingerprint density at radius 1 is 1.33 bits per heavy atom. The molecule has 2 atom stereocenters. The first kappa shape index (κ1) is 12.6. The van der Waals surface area contributed by atoms with Crippen molar-refractivity contribution in [2.45, 2.75) is 12.5 Å². The van der Waals surface area contributed by atoms with Crippen molar-refractivity contribution in [2.75, 3.05) is 13.2 Å². The number of benzene rings is 1. The van der Waals surface area contributed by atoms with Gasteiger partial charge in [-0.25, -0.2) is 0 Å². The van der Waals surface area contributed by atoms with Gasteiger partial charge in [-0.15, -0.1) is 0 Å². The molecule has 0 heterocycles. The smallest absolute Gasteiger partial charge is 0.227 e. The zero-order chi connectivity index (χ0) is 12.8. The SMILES string of the molecule is NC1C=CC(C(=O)NCCOc2ccccc2)C1. The molecule has 0 bridgehead atoms. The molecule has 1 aliphatic rings. The van der Waals surface area contributed by atoms with Crippen LogP contribution in [0.25, 0.3) is 0 Å². The lowest BCUT2D eigenvalue weighted by Crippen LogP contribution is -2.33. The molecule has 0 saturated carbocycles. The maximum absolute atomic E-state index is 11.7. The van der Waals surface area contributed by atoms with Gasteiger partial charge in [-0.05, 0) is 18.6 Å². The minimum Gasteiger partial charge on any atom is -0.492 e. The molecule has 4 heteroatoms. The van der Waals surface area contributed by atoms with Gasteiger partial charge in [0.25, 0.3) is 0 Å². The normalized spacial score (nSPS) is 21.8. The number of carbonyl (C=O) groups is 1. The van der Waals surface area contributed by atoms with Crippen molar-refractivity contribution in [1.82, 2.24) is 5.32 Å². The average Bonchev–Trinajstić information content (AvgIpc) is 2.82. The Bertz CT molecular complexity index is 417. The number of nitrogens with two attached hydrogens (primary N) is 1. The second kappa shape index (κ2) is 6.21. The molecular formula is C14H18N2O2. The highest BCUT2D eigenvalue weighted by molar-refractivity contribution is 5.81. The van der Waals surface area contributed by atoms with Gasteiger partial charge in [-0.1, -0.05) is 30.4 Å². The number of ether oxygens (including phenoxy) is 1. The summed E-state index contributed by atoms with van der Waals surface area (Å²) in [6.07, 6.45) is 4.45. The maximum Gasteiger partial charge on any atom is 0.227 e. The molecule has 0 aliphatic heterocycles. The monoisotopic (exact) mass is 246 g/mol. The van der Waals surface area contributed by atoms with E-state index in [2.05, 4.69) is 5.32 Å². The first-order valence-electron chi connectivity index (χ1n) is 6.15. The van der Waals surface area contributed by atoms with E-state index in [-0.39, 0.29) is 17.9 Å². The van der Waals surface area contributed by atoms with E-state index in [9.17, 15) is 4.79 Å². The molecule has 0 radical (unpaired) electrons.